The first-order valence-corrected chi connectivity index (χ1v) is 6.51. The maximum atomic E-state index is 5.74. The molecule has 0 unspecified atom stereocenters. The first-order valence-electron chi connectivity index (χ1n) is 6.51. The van der Waals surface area contributed by atoms with Gasteiger partial charge in [0, 0.05) is 37.2 Å². The molecular weight excluding hydrogens is 212 g/mol. The van der Waals surface area contributed by atoms with Crippen molar-refractivity contribution < 1.29 is 4.74 Å². The maximum Gasteiger partial charge on any atom is 0.0485 e. The Hall–Kier alpha value is -1.22. The minimum absolute atomic E-state index is 0.618. The number of hydrogen-bond donors (Lipinski definition) is 1. The van der Waals surface area contributed by atoms with Gasteiger partial charge >= 0.3 is 0 Å². The molecule has 3 heteroatoms. The second-order valence-electron chi connectivity index (χ2n) is 4.63. The minimum atomic E-state index is 0.618. The van der Waals surface area contributed by atoms with Crippen LogP contribution in [0.5, 0.6) is 0 Å². The molecule has 0 amide bonds. The van der Waals surface area contributed by atoms with Crippen molar-refractivity contribution in [3.05, 3.63) is 24.3 Å². The van der Waals surface area contributed by atoms with E-state index in [1.165, 1.54) is 12.1 Å². The lowest BCUT2D eigenvalue weighted by Gasteiger charge is -2.36. The zero-order valence-electron chi connectivity index (χ0n) is 10.6. The summed E-state index contributed by atoms with van der Waals surface area (Å²) in [5, 5.41) is 0. The smallest absolute Gasteiger partial charge is 0.0485 e. The summed E-state index contributed by atoms with van der Waals surface area (Å²) in [5.41, 5.74) is 7.86. The van der Waals surface area contributed by atoms with E-state index in [2.05, 4.69) is 24.0 Å². The Bertz CT molecular complexity index is 331. The van der Waals surface area contributed by atoms with Crippen LogP contribution in [0.1, 0.15) is 26.2 Å². The van der Waals surface area contributed by atoms with Crippen LogP contribution in [0.25, 0.3) is 0 Å². The molecule has 2 N–H and O–H groups in total. The van der Waals surface area contributed by atoms with Crippen LogP contribution in [0.4, 0.5) is 11.4 Å². The predicted octanol–water partition coefficient (Wildman–Crippen LogP) is 2.66. The van der Waals surface area contributed by atoms with Crippen LogP contribution in [0.3, 0.4) is 0 Å². The molecule has 1 fully saturated rings. The van der Waals surface area contributed by atoms with E-state index >= 15 is 0 Å². The zero-order chi connectivity index (χ0) is 12.1. The normalized spacial score (nSPS) is 17.0. The van der Waals surface area contributed by atoms with Gasteiger partial charge in [0.2, 0.25) is 0 Å². The summed E-state index contributed by atoms with van der Waals surface area (Å²) in [5.74, 6) is 0. The highest BCUT2D eigenvalue weighted by Crippen LogP contribution is 2.24. The van der Waals surface area contributed by atoms with Gasteiger partial charge in [-0.15, -0.1) is 0 Å². The summed E-state index contributed by atoms with van der Waals surface area (Å²) in [6.07, 6.45) is 3.43. The summed E-state index contributed by atoms with van der Waals surface area (Å²) >= 11 is 0. The van der Waals surface area contributed by atoms with Gasteiger partial charge in [-0.3, -0.25) is 0 Å². The minimum Gasteiger partial charge on any atom is -0.399 e. The van der Waals surface area contributed by atoms with Gasteiger partial charge in [0.15, 0.2) is 0 Å². The van der Waals surface area contributed by atoms with Crippen molar-refractivity contribution in [3.8, 4) is 0 Å². The predicted molar refractivity (Wildman–Crippen MR) is 72.3 cm³/mol. The van der Waals surface area contributed by atoms with Crippen molar-refractivity contribution >= 4 is 11.4 Å². The molecule has 0 saturated carbocycles. The van der Waals surface area contributed by atoms with Crippen LogP contribution in [0.15, 0.2) is 24.3 Å². The van der Waals surface area contributed by atoms with E-state index in [1.54, 1.807) is 0 Å². The third kappa shape index (κ3) is 3.13. The SMILES string of the molecule is CCCN(c1ccc(N)cc1)C1CCOCC1. The average Bonchev–Trinajstić information content (AvgIpc) is 2.38. The molecule has 1 aliphatic rings. The molecule has 1 heterocycles. The molecule has 0 bridgehead atoms. The Morgan fingerprint density at radius 2 is 1.88 bits per heavy atom. The molecule has 2 rings (SSSR count). The van der Waals surface area contributed by atoms with Gasteiger partial charge in [-0.25, -0.2) is 0 Å². The van der Waals surface area contributed by atoms with Crippen molar-refractivity contribution in [2.45, 2.75) is 32.2 Å². The number of nitrogen functional groups attached to an aromatic ring is 1. The number of hydrogen-bond acceptors (Lipinski definition) is 3. The van der Waals surface area contributed by atoms with Gasteiger partial charge in [0.05, 0.1) is 0 Å². The van der Waals surface area contributed by atoms with Gasteiger partial charge in [-0.05, 0) is 43.5 Å². The van der Waals surface area contributed by atoms with Crippen molar-refractivity contribution in [3.63, 3.8) is 0 Å². The molecule has 3 nitrogen and oxygen atoms in total. The number of ether oxygens (including phenoxy) is 1. The Morgan fingerprint density at radius 1 is 1.24 bits per heavy atom. The molecule has 0 aliphatic carbocycles. The second kappa shape index (κ2) is 5.92. The Balaban J connectivity index is 2.12. The standard InChI is InChI=1S/C14H22N2O/c1-2-9-16(14-7-10-17-11-8-14)13-5-3-12(15)4-6-13/h3-6,14H,2,7-11,15H2,1H3. The quantitative estimate of drug-likeness (QED) is 0.814. The zero-order valence-corrected chi connectivity index (χ0v) is 10.6. The molecular formula is C14H22N2O. The van der Waals surface area contributed by atoms with Gasteiger partial charge in [0.1, 0.15) is 0 Å². The lowest BCUT2D eigenvalue weighted by Crippen LogP contribution is -2.40. The molecule has 1 aromatic rings. The molecule has 0 radical (unpaired) electrons. The molecule has 1 aliphatic heterocycles. The van der Waals surface area contributed by atoms with E-state index in [1.807, 2.05) is 12.1 Å². The first kappa shape index (κ1) is 12.2. The number of nitrogens with two attached hydrogens (primary N) is 1. The number of rotatable bonds is 4. The number of anilines is 2. The van der Waals surface area contributed by atoms with E-state index < -0.39 is 0 Å². The third-order valence-electron chi connectivity index (χ3n) is 3.32. The highest BCUT2D eigenvalue weighted by Gasteiger charge is 2.20. The molecule has 1 aromatic carbocycles. The molecule has 0 atom stereocenters. The van der Waals surface area contributed by atoms with E-state index in [0.717, 1.165) is 38.3 Å². The summed E-state index contributed by atoms with van der Waals surface area (Å²) in [6.45, 7) is 5.11. The molecule has 94 valence electrons. The summed E-state index contributed by atoms with van der Waals surface area (Å²) < 4.78 is 5.44. The summed E-state index contributed by atoms with van der Waals surface area (Å²) in [6, 6.07) is 8.84. The van der Waals surface area contributed by atoms with Crippen LogP contribution < -0.4 is 10.6 Å². The van der Waals surface area contributed by atoms with E-state index in [4.69, 9.17) is 10.5 Å². The van der Waals surface area contributed by atoms with E-state index in [-0.39, 0.29) is 0 Å². The number of benzene rings is 1. The highest BCUT2D eigenvalue weighted by molar-refractivity contribution is 5.53. The number of nitrogens with zero attached hydrogens (tertiary/aromatic N) is 1. The van der Waals surface area contributed by atoms with Crippen LogP contribution in [-0.4, -0.2) is 25.8 Å². The van der Waals surface area contributed by atoms with E-state index in [0.29, 0.717) is 6.04 Å². The Kier molecular flexibility index (Phi) is 4.26. The average molecular weight is 234 g/mol. The van der Waals surface area contributed by atoms with Crippen LogP contribution in [-0.2, 0) is 4.74 Å². The maximum absolute atomic E-state index is 5.74. The van der Waals surface area contributed by atoms with Crippen LogP contribution >= 0.6 is 0 Å². The second-order valence-corrected chi connectivity index (χ2v) is 4.63. The fourth-order valence-electron chi connectivity index (χ4n) is 2.43. The summed E-state index contributed by atoms with van der Waals surface area (Å²) in [7, 11) is 0. The van der Waals surface area contributed by atoms with Crippen molar-refractivity contribution in [1.29, 1.82) is 0 Å². The fraction of sp³-hybridized carbons (Fsp3) is 0.571. The van der Waals surface area contributed by atoms with E-state index in [9.17, 15) is 0 Å². The summed E-state index contributed by atoms with van der Waals surface area (Å²) in [4.78, 5) is 2.50. The first-order chi connectivity index (χ1) is 8.31. The monoisotopic (exact) mass is 234 g/mol. The highest BCUT2D eigenvalue weighted by atomic mass is 16.5. The fourth-order valence-corrected chi connectivity index (χ4v) is 2.43. The van der Waals surface area contributed by atoms with Gasteiger partial charge in [-0.1, -0.05) is 6.92 Å². The van der Waals surface area contributed by atoms with Crippen LogP contribution in [0.2, 0.25) is 0 Å². The van der Waals surface area contributed by atoms with Gasteiger partial charge in [-0.2, -0.15) is 0 Å². The Labute approximate surface area is 104 Å². The van der Waals surface area contributed by atoms with Crippen molar-refractivity contribution in [1.82, 2.24) is 0 Å². The van der Waals surface area contributed by atoms with Crippen molar-refractivity contribution in [2.24, 2.45) is 0 Å². The third-order valence-corrected chi connectivity index (χ3v) is 3.32. The Morgan fingerprint density at radius 3 is 2.47 bits per heavy atom. The largest absolute Gasteiger partial charge is 0.399 e. The molecule has 17 heavy (non-hydrogen) atoms. The van der Waals surface area contributed by atoms with Crippen molar-refractivity contribution in [2.75, 3.05) is 30.4 Å². The topological polar surface area (TPSA) is 38.5 Å². The lowest BCUT2D eigenvalue weighted by atomic mass is 10.1. The van der Waals surface area contributed by atoms with Gasteiger partial charge in [0.25, 0.3) is 0 Å². The van der Waals surface area contributed by atoms with Crippen LogP contribution in [0, 0.1) is 0 Å². The molecule has 1 saturated heterocycles. The lowest BCUT2D eigenvalue weighted by molar-refractivity contribution is 0.0844. The molecule has 0 spiro atoms. The molecule has 0 aromatic heterocycles. The van der Waals surface area contributed by atoms with Gasteiger partial charge < -0.3 is 15.4 Å².